The third-order valence-electron chi connectivity index (χ3n) is 4.54. The fraction of sp³-hybridized carbons (Fsp3) is 0.667. The number of carboxylic acids is 1. The number of nitrogens with zero attached hydrogens (tertiary/aromatic N) is 4. The van der Waals surface area contributed by atoms with Crippen molar-refractivity contribution in [3.05, 3.63) is 18.0 Å². The summed E-state index contributed by atoms with van der Waals surface area (Å²) < 4.78 is 0. The fourth-order valence-corrected chi connectivity index (χ4v) is 3.31. The summed E-state index contributed by atoms with van der Waals surface area (Å²) in [6.07, 6.45) is 9.11. The molecule has 0 atom stereocenters. The maximum Gasteiger partial charge on any atom is 0.338 e. The quantitative estimate of drug-likeness (QED) is 0.912. The van der Waals surface area contributed by atoms with E-state index in [9.17, 15) is 4.79 Å². The van der Waals surface area contributed by atoms with Gasteiger partial charge in [-0.05, 0) is 38.8 Å². The third-order valence-corrected chi connectivity index (χ3v) is 4.54. The summed E-state index contributed by atoms with van der Waals surface area (Å²) in [4.78, 5) is 24.0. The van der Waals surface area contributed by atoms with Gasteiger partial charge in [-0.15, -0.1) is 0 Å². The standard InChI is InChI=1S/C15H22N4O2/c20-14(21)12-10-16-15(17-11-12)19-8-4-13(5-9-19)18-6-2-1-3-7-18/h10-11,13H,1-9H2,(H,20,21). The van der Waals surface area contributed by atoms with Crippen LogP contribution in [0.3, 0.4) is 0 Å². The SMILES string of the molecule is O=C(O)c1cnc(N2CCC(N3CCCCC3)CC2)nc1. The summed E-state index contributed by atoms with van der Waals surface area (Å²) in [5, 5.41) is 8.87. The average molecular weight is 290 g/mol. The molecule has 0 radical (unpaired) electrons. The van der Waals surface area contributed by atoms with E-state index in [2.05, 4.69) is 19.8 Å². The lowest BCUT2D eigenvalue weighted by Crippen LogP contribution is -2.47. The number of piperidine rings is 2. The van der Waals surface area contributed by atoms with E-state index < -0.39 is 5.97 Å². The largest absolute Gasteiger partial charge is 0.478 e. The van der Waals surface area contributed by atoms with E-state index in [0.717, 1.165) is 25.9 Å². The van der Waals surface area contributed by atoms with E-state index in [1.165, 1.54) is 44.7 Å². The van der Waals surface area contributed by atoms with E-state index in [1.807, 2.05) is 0 Å². The van der Waals surface area contributed by atoms with Gasteiger partial charge in [-0.1, -0.05) is 6.42 Å². The van der Waals surface area contributed by atoms with Gasteiger partial charge in [0.1, 0.15) is 0 Å². The van der Waals surface area contributed by atoms with Crippen molar-refractivity contribution in [3.63, 3.8) is 0 Å². The molecule has 21 heavy (non-hydrogen) atoms. The second kappa shape index (κ2) is 6.39. The Kier molecular flexibility index (Phi) is 4.34. The summed E-state index contributed by atoms with van der Waals surface area (Å²) in [5.41, 5.74) is 0.141. The molecular formula is C15H22N4O2. The Morgan fingerprint density at radius 3 is 2.24 bits per heavy atom. The van der Waals surface area contributed by atoms with Gasteiger partial charge in [0.15, 0.2) is 0 Å². The molecule has 0 aromatic carbocycles. The molecule has 2 aliphatic rings. The maximum atomic E-state index is 10.8. The number of hydrogen-bond donors (Lipinski definition) is 1. The molecule has 0 unspecified atom stereocenters. The molecular weight excluding hydrogens is 268 g/mol. The summed E-state index contributed by atoms with van der Waals surface area (Å²) >= 11 is 0. The predicted octanol–water partition coefficient (Wildman–Crippen LogP) is 1.63. The second-order valence-corrected chi connectivity index (χ2v) is 5.89. The topological polar surface area (TPSA) is 69.6 Å². The minimum atomic E-state index is -0.981. The zero-order valence-electron chi connectivity index (χ0n) is 12.2. The van der Waals surface area contributed by atoms with Gasteiger partial charge in [0.05, 0.1) is 5.56 Å². The van der Waals surface area contributed by atoms with Crippen LogP contribution in [0.25, 0.3) is 0 Å². The molecule has 6 nitrogen and oxygen atoms in total. The van der Waals surface area contributed by atoms with Crippen LogP contribution in [0.1, 0.15) is 42.5 Å². The van der Waals surface area contributed by atoms with Crippen molar-refractivity contribution >= 4 is 11.9 Å². The molecule has 1 aromatic heterocycles. The number of aromatic nitrogens is 2. The number of likely N-dealkylation sites (tertiary alicyclic amines) is 1. The highest BCUT2D eigenvalue weighted by atomic mass is 16.4. The molecule has 3 heterocycles. The van der Waals surface area contributed by atoms with E-state index in [1.54, 1.807) is 0 Å². The van der Waals surface area contributed by atoms with E-state index >= 15 is 0 Å². The van der Waals surface area contributed by atoms with Crippen LogP contribution >= 0.6 is 0 Å². The Labute approximate surface area is 124 Å². The van der Waals surface area contributed by atoms with Crippen LogP contribution < -0.4 is 4.90 Å². The molecule has 114 valence electrons. The van der Waals surface area contributed by atoms with Crippen LogP contribution in [0.15, 0.2) is 12.4 Å². The molecule has 0 aliphatic carbocycles. The highest BCUT2D eigenvalue weighted by Gasteiger charge is 2.26. The Bertz CT molecular complexity index is 477. The lowest BCUT2D eigenvalue weighted by atomic mass is 10.0. The molecule has 1 aromatic rings. The van der Waals surface area contributed by atoms with Crippen LogP contribution in [0.2, 0.25) is 0 Å². The van der Waals surface area contributed by atoms with Gasteiger partial charge in [0, 0.05) is 31.5 Å². The smallest absolute Gasteiger partial charge is 0.338 e. The van der Waals surface area contributed by atoms with Gasteiger partial charge in [0.2, 0.25) is 5.95 Å². The Balaban J connectivity index is 1.56. The van der Waals surface area contributed by atoms with Gasteiger partial charge in [0.25, 0.3) is 0 Å². The first kappa shape index (κ1) is 14.3. The van der Waals surface area contributed by atoms with Crippen molar-refractivity contribution in [3.8, 4) is 0 Å². The van der Waals surface area contributed by atoms with Crippen molar-refractivity contribution in [1.29, 1.82) is 0 Å². The minimum absolute atomic E-state index is 0.141. The summed E-state index contributed by atoms with van der Waals surface area (Å²) in [7, 11) is 0. The molecule has 0 saturated carbocycles. The molecule has 0 bridgehead atoms. The number of aromatic carboxylic acids is 1. The van der Waals surface area contributed by atoms with E-state index in [-0.39, 0.29) is 5.56 Å². The first-order valence-corrected chi connectivity index (χ1v) is 7.78. The van der Waals surface area contributed by atoms with Gasteiger partial charge < -0.3 is 14.9 Å². The highest BCUT2D eigenvalue weighted by molar-refractivity contribution is 5.86. The first-order chi connectivity index (χ1) is 10.2. The molecule has 1 N–H and O–H groups in total. The van der Waals surface area contributed by atoms with Crippen LogP contribution in [-0.2, 0) is 0 Å². The van der Waals surface area contributed by atoms with Crippen LogP contribution in [-0.4, -0.2) is 58.2 Å². The summed E-state index contributed by atoms with van der Waals surface area (Å²) in [5.74, 6) is -0.331. The zero-order valence-corrected chi connectivity index (χ0v) is 12.2. The van der Waals surface area contributed by atoms with Crippen LogP contribution in [0.5, 0.6) is 0 Å². The molecule has 2 fully saturated rings. The predicted molar refractivity (Wildman–Crippen MR) is 79.7 cm³/mol. The number of hydrogen-bond acceptors (Lipinski definition) is 5. The zero-order chi connectivity index (χ0) is 14.7. The van der Waals surface area contributed by atoms with E-state index in [4.69, 9.17) is 5.11 Å². The summed E-state index contributed by atoms with van der Waals surface area (Å²) in [6, 6.07) is 0.694. The van der Waals surface area contributed by atoms with Crippen LogP contribution in [0.4, 0.5) is 5.95 Å². The number of anilines is 1. The van der Waals surface area contributed by atoms with Crippen molar-refractivity contribution < 1.29 is 9.90 Å². The van der Waals surface area contributed by atoms with Gasteiger partial charge in [-0.2, -0.15) is 0 Å². The Morgan fingerprint density at radius 1 is 1.05 bits per heavy atom. The summed E-state index contributed by atoms with van der Waals surface area (Å²) in [6.45, 7) is 4.39. The first-order valence-electron chi connectivity index (χ1n) is 7.78. The monoisotopic (exact) mass is 290 g/mol. The third kappa shape index (κ3) is 3.32. The number of carboxylic acid groups (broad SMARTS) is 1. The van der Waals surface area contributed by atoms with Gasteiger partial charge in [-0.3, -0.25) is 0 Å². The molecule has 2 aliphatic heterocycles. The van der Waals surface area contributed by atoms with Crippen LogP contribution in [0, 0.1) is 0 Å². The van der Waals surface area contributed by atoms with E-state index in [0.29, 0.717) is 12.0 Å². The normalized spacial score (nSPS) is 21.4. The lowest BCUT2D eigenvalue weighted by molar-refractivity contribution is 0.0696. The maximum absolute atomic E-state index is 10.8. The molecule has 6 heteroatoms. The minimum Gasteiger partial charge on any atom is -0.478 e. The Hall–Kier alpha value is -1.69. The Morgan fingerprint density at radius 2 is 1.67 bits per heavy atom. The number of rotatable bonds is 3. The van der Waals surface area contributed by atoms with Crippen molar-refractivity contribution in [2.75, 3.05) is 31.1 Å². The lowest BCUT2D eigenvalue weighted by Gasteiger charge is -2.40. The van der Waals surface area contributed by atoms with Crippen molar-refractivity contribution in [2.45, 2.75) is 38.1 Å². The second-order valence-electron chi connectivity index (χ2n) is 5.89. The van der Waals surface area contributed by atoms with Gasteiger partial charge >= 0.3 is 5.97 Å². The highest BCUT2D eigenvalue weighted by Crippen LogP contribution is 2.22. The van der Waals surface area contributed by atoms with Crippen molar-refractivity contribution in [2.24, 2.45) is 0 Å². The fourth-order valence-electron chi connectivity index (χ4n) is 3.31. The van der Waals surface area contributed by atoms with Gasteiger partial charge in [-0.25, -0.2) is 14.8 Å². The number of carbonyl (C=O) groups is 1. The molecule has 0 spiro atoms. The molecule has 2 saturated heterocycles. The molecule has 3 rings (SSSR count). The van der Waals surface area contributed by atoms with Crippen molar-refractivity contribution in [1.82, 2.24) is 14.9 Å². The molecule has 0 amide bonds. The average Bonchev–Trinajstić information content (AvgIpc) is 2.56.